The van der Waals surface area contributed by atoms with Gasteiger partial charge in [0.2, 0.25) is 0 Å². The standard InChI is InChI=1S/C20H32FN5O3S/c1-18(2,3)29-17(27)25-16-20(5)10-7-11-23-30(20,6,28)12-19(4,26-16)15-13(21)8-9-14(22)24-15/h8-9H,7,10-12H2,1-6H3,(H2,22,24)(H,23,28)(H,25,26,27)/t19-,20-/m0/s1. The molecule has 0 saturated carbocycles. The Labute approximate surface area is 176 Å². The summed E-state index contributed by atoms with van der Waals surface area (Å²) in [5, 5.41) is 2.74. The lowest BCUT2D eigenvalue weighted by Crippen LogP contribution is -2.70. The van der Waals surface area contributed by atoms with E-state index in [-0.39, 0.29) is 23.1 Å². The second-order valence-corrected chi connectivity index (χ2v) is 14.3. The molecule has 4 N–H and O–H groups in total. The normalized spacial score (nSPS) is 31.2. The Bertz CT molecular complexity index is 997. The van der Waals surface area contributed by atoms with Gasteiger partial charge in [0, 0.05) is 12.3 Å². The van der Waals surface area contributed by atoms with Crippen LogP contribution in [0.2, 0.25) is 0 Å². The van der Waals surface area contributed by atoms with Crippen molar-refractivity contribution >= 4 is 27.0 Å². The highest BCUT2D eigenvalue weighted by Gasteiger charge is 2.59. The van der Waals surface area contributed by atoms with Crippen LogP contribution in [0.5, 0.6) is 0 Å². The molecular formula is C20H32FN5O3S. The molecule has 1 amide bonds. The summed E-state index contributed by atoms with van der Waals surface area (Å²) in [4.78, 5) is 21.5. The van der Waals surface area contributed by atoms with E-state index in [4.69, 9.17) is 19.8 Å². The van der Waals surface area contributed by atoms with Crippen molar-refractivity contribution < 1.29 is 18.5 Å². The third kappa shape index (κ3) is 3.71. The molecule has 0 aliphatic carbocycles. The van der Waals surface area contributed by atoms with Gasteiger partial charge in [-0.2, -0.15) is 0 Å². The van der Waals surface area contributed by atoms with Crippen molar-refractivity contribution in [2.75, 3.05) is 24.3 Å². The maximum atomic E-state index is 14.8. The molecule has 30 heavy (non-hydrogen) atoms. The highest BCUT2D eigenvalue weighted by molar-refractivity contribution is 8.18. The number of pyridine rings is 1. The number of carbonyl (C=O) groups is 1. The fourth-order valence-corrected chi connectivity index (χ4v) is 8.42. The lowest BCUT2D eigenvalue weighted by molar-refractivity contribution is 0.0560. The second kappa shape index (κ2) is 6.71. The number of nitrogens with two attached hydrogens (primary N) is 1. The molecule has 3 rings (SSSR count). The fourth-order valence-electron chi connectivity index (χ4n) is 4.29. The van der Waals surface area contributed by atoms with E-state index in [0.717, 1.165) is 6.42 Å². The van der Waals surface area contributed by atoms with Crippen molar-refractivity contribution in [1.82, 2.24) is 10.3 Å². The van der Waals surface area contributed by atoms with Gasteiger partial charge >= 0.3 is 6.09 Å². The van der Waals surface area contributed by atoms with Crippen LogP contribution in [-0.4, -0.2) is 50.4 Å². The number of aliphatic imine (C=N–C) groups is 1. The van der Waals surface area contributed by atoms with Gasteiger partial charge in [0.15, 0.2) is 0 Å². The number of nitrogens with one attached hydrogen (secondary N) is 1. The molecule has 2 aliphatic heterocycles. The number of hydrogen-bond donors (Lipinski definition) is 3. The molecule has 0 fully saturated rings. The maximum Gasteiger partial charge on any atom is 0.413 e. The zero-order chi connectivity index (χ0) is 22.6. The van der Waals surface area contributed by atoms with Gasteiger partial charge in [0.25, 0.3) is 0 Å². The van der Waals surface area contributed by atoms with E-state index in [0.29, 0.717) is 13.0 Å². The third-order valence-electron chi connectivity index (χ3n) is 5.90. The molecule has 0 radical (unpaired) electrons. The zero-order valence-corrected chi connectivity index (χ0v) is 19.3. The van der Waals surface area contributed by atoms with E-state index in [2.05, 4.69) is 10.3 Å². The van der Waals surface area contributed by atoms with E-state index in [1.807, 2.05) is 6.92 Å². The van der Waals surface area contributed by atoms with Gasteiger partial charge in [-0.3, -0.25) is 14.7 Å². The third-order valence-corrected chi connectivity index (χ3v) is 10.8. The Hall–Kier alpha value is -2.07. The summed E-state index contributed by atoms with van der Waals surface area (Å²) in [6.07, 6.45) is 2.37. The number of alkyl carbamates (subject to hydrolysis) is 1. The second-order valence-electron chi connectivity index (χ2n) is 9.78. The predicted octanol–water partition coefficient (Wildman–Crippen LogP) is 3.48. The van der Waals surface area contributed by atoms with Gasteiger partial charge in [-0.1, -0.05) is 9.24 Å². The number of fused-ring (bicyclic) bond motifs is 1. The topological polar surface area (TPSA) is 122 Å². The predicted molar refractivity (Wildman–Crippen MR) is 118 cm³/mol. The molecule has 168 valence electrons. The molecular weight excluding hydrogens is 409 g/mol. The molecule has 10 heteroatoms. The number of halogens is 1. The van der Waals surface area contributed by atoms with Gasteiger partial charge in [-0.25, -0.2) is 14.2 Å². The van der Waals surface area contributed by atoms with E-state index in [9.17, 15) is 13.7 Å². The van der Waals surface area contributed by atoms with Gasteiger partial charge in [0.05, 0.1) is 4.75 Å². The average Bonchev–Trinajstić information content (AvgIpc) is 2.56. The Morgan fingerprint density at radius 2 is 2.03 bits per heavy atom. The largest absolute Gasteiger partial charge is 0.444 e. The van der Waals surface area contributed by atoms with Gasteiger partial charge in [0.1, 0.15) is 34.3 Å². The molecule has 0 saturated heterocycles. The van der Waals surface area contributed by atoms with Crippen LogP contribution in [0.25, 0.3) is 0 Å². The Kier molecular flexibility index (Phi) is 5.06. The number of hydrogen-bond acceptors (Lipinski definition) is 6. The number of nitrogen functional groups attached to an aromatic ring is 1. The minimum atomic E-state index is -3.54. The number of amides is 1. The lowest BCUT2D eigenvalue weighted by Gasteiger charge is -2.61. The summed E-state index contributed by atoms with van der Waals surface area (Å²) in [7, 11) is -3.54. The Morgan fingerprint density at radius 1 is 1.37 bits per heavy atom. The molecule has 0 spiro atoms. The summed E-state index contributed by atoms with van der Waals surface area (Å²) in [6.45, 7) is 9.30. The Morgan fingerprint density at radius 3 is 2.67 bits per heavy atom. The quantitative estimate of drug-likeness (QED) is 0.616. The summed E-state index contributed by atoms with van der Waals surface area (Å²) in [5.74, 6) is -0.103. The minimum absolute atomic E-state index is 0.0164. The zero-order valence-electron chi connectivity index (χ0n) is 18.5. The molecule has 2 aliphatic rings. The first kappa shape index (κ1) is 22.6. The first-order valence-corrected chi connectivity index (χ1v) is 12.5. The smallest absolute Gasteiger partial charge is 0.413 e. The average molecular weight is 442 g/mol. The van der Waals surface area contributed by atoms with E-state index in [1.54, 1.807) is 34.0 Å². The number of amidine groups is 1. The SMILES string of the molecule is CC(C)(C)OC(=O)NC1=N[C@](C)(c2nc(N)ccc2F)CS2(C)(O)=NCCC[C@@]12C. The van der Waals surface area contributed by atoms with Crippen LogP contribution in [0.15, 0.2) is 21.5 Å². The van der Waals surface area contributed by atoms with Crippen LogP contribution < -0.4 is 11.1 Å². The van der Waals surface area contributed by atoms with Crippen LogP contribution in [0.3, 0.4) is 0 Å². The first-order valence-electron chi connectivity index (χ1n) is 9.93. The molecule has 0 unspecified atom stereocenters. The van der Waals surface area contributed by atoms with Crippen molar-refractivity contribution in [3.63, 3.8) is 0 Å². The molecule has 0 aromatic carbocycles. The van der Waals surface area contributed by atoms with Gasteiger partial charge in [-0.15, -0.1) is 0 Å². The van der Waals surface area contributed by atoms with Crippen LogP contribution in [0.1, 0.15) is 53.2 Å². The fraction of sp³-hybridized carbons (Fsp3) is 0.650. The van der Waals surface area contributed by atoms with E-state index in [1.165, 1.54) is 12.1 Å². The number of ether oxygens (including phenoxy) is 1. The van der Waals surface area contributed by atoms with Crippen molar-refractivity contribution in [1.29, 1.82) is 0 Å². The summed E-state index contributed by atoms with van der Waals surface area (Å²) in [5.41, 5.74) is 3.85. The van der Waals surface area contributed by atoms with Crippen molar-refractivity contribution in [2.45, 2.75) is 63.3 Å². The molecule has 1 aromatic rings. The van der Waals surface area contributed by atoms with Gasteiger partial charge in [-0.05, 0) is 65.8 Å². The molecule has 2 atom stereocenters. The highest BCUT2D eigenvalue weighted by atomic mass is 32.3. The molecule has 1 aromatic heterocycles. The van der Waals surface area contributed by atoms with Crippen molar-refractivity contribution in [3.05, 3.63) is 23.6 Å². The van der Waals surface area contributed by atoms with Crippen LogP contribution in [0.4, 0.5) is 15.0 Å². The minimum Gasteiger partial charge on any atom is -0.444 e. The van der Waals surface area contributed by atoms with Crippen LogP contribution in [-0.2, 0) is 19.5 Å². The maximum absolute atomic E-state index is 14.8. The van der Waals surface area contributed by atoms with Crippen LogP contribution >= 0.6 is 0 Å². The number of carbonyl (C=O) groups excluding carboxylic acids is 1. The number of nitrogens with zero attached hydrogens (tertiary/aromatic N) is 3. The first-order chi connectivity index (χ1) is 13.6. The number of rotatable bonds is 1. The molecule has 3 heterocycles. The Balaban J connectivity index is 2.20. The number of aromatic nitrogens is 1. The lowest BCUT2D eigenvalue weighted by atomic mass is 9.96. The van der Waals surface area contributed by atoms with Gasteiger partial charge < -0.3 is 15.0 Å². The molecule has 8 nitrogen and oxygen atoms in total. The molecule has 0 bridgehead atoms. The van der Waals surface area contributed by atoms with Crippen LogP contribution in [0, 0.1) is 5.82 Å². The van der Waals surface area contributed by atoms with Crippen molar-refractivity contribution in [3.8, 4) is 0 Å². The van der Waals surface area contributed by atoms with E-state index >= 15 is 0 Å². The van der Waals surface area contributed by atoms with Crippen molar-refractivity contribution in [2.24, 2.45) is 9.36 Å². The monoisotopic (exact) mass is 441 g/mol. The number of anilines is 1. The van der Waals surface area contributed by atoms with E-state index < -0.39 is 37.0 Å². The summed E-state index contributed by atoms with van der Waals surface area (Å²) < 4.78 is 36.1. The highest BCUT2D eigenvalue weighted by Crippen LogP contribution is 2.52. The summed E-state index contributed by atoms with van der Waals surface area (Å²) in [6, 6.07) is 2.60. The summed E-state index contributed by atoms with van der Waals surface area (Å²) >= 11 is 0.